The number of sulfonamides is 1. The van der Waals surface area contributed by atoms with Crippen molar-refractivity contribution in [3.63, 3.8) is 0 Å². The zero-order chi connectivity index (χ0) is 20.1. The van der Waals surface area contributed by atoms with Crippen LogP contribution in [0.2, 0.25) is 0 Å². The topological polar surface area (TPSA) is 101 Å². The van der Waals surface area contributed by atoms with Crippen LogP contribution in [0.4, 0.5) is 11.6 Å². The van der Waals surface area contributed by atoms with Crippen LogP contribution in [0.3, 0.4) is 0 Å². The molecular formula is C19H18N4O3S2. The number of rotatable bonds is 7. The fourth-order valence-corrected chi connectivity index (χ4v) is 3.98. The van der Waals surface area contributed by atoms with Crippen molar-refractivity contribution in [1.82, 2.24) is 9.97 Å². The predicted octanol–water partition coefficient (Wildman–Crippen LogP) is 3.76. The Morgan fingerprint density at radius 1 is 1.07 bits per heavy atom. The van der Waals surface area contributed by atoms with E-state index in [0.717, 1.165) is 0 Å². The van der Waals surface area contributed by atoms with Crippen molar-refractivity contribution in [1.29, 1.82) is 0 Å². The highest BCUT2D eigenvalue weighted by atomic mass is 32.2. The minimum Gasteiger partial charge on any atom is -0.362 e. The van der Waals surface area contributed by atoms with Crippen molar-refractivity contribution >= 4 is 38.8 Å². The molecule has 0 atom stereocenters. The number of nitrogens with one attached hydrogen (secondary N) is 2. The molecule has 0 bridgehead atoms. The summed E-state index contributed by atoms with van der Waals surface area (Å²) in [5.74, 6) is -0.0610. The average Bonchev–Trinajstić information content (AvgIpc) is 3.15. The van der Waals surface area contributed by atoms with E-state index in [9.17, 15) is 13.2 Å². The summed E-state index contributed by atoms with van der Waals surface area (Å²) in [4.78, 5) is 20.8. The predicted molar refractivity (Wildman–Crippen MR) is 110 cm³/mol. The second-order valence-corrected chi connectivity index (χ2v) is 8.55. The van der Waals surface area contributed by atoms with Crippen LogP contribution >= 0.6 is 11.3 Å². The van der Waals surface area contributed by atoms with E-state index in [1.54, 1.807) is 38.1 Å². The van der Waals surface area contributed by atoms with Gasteiger partial charge >= 0.3 is 0 Å². The quantitative estimate of drug-likeness (QED) is 0.451. The highest BCUT2D eigenvalue weighted by molar-refractivity contribution is 7.92. The van der Waals surface area contributed by atoms with Crippen LogP contribution in [0, 0.1) is 13.8 Å². The lowest BCUT2D eigenvalue weighted by Gasteiger charge is -2.08. The molecule has 144 valence electrons. The summed E-state index contributed by atoms with van der Waals surface area (Å²) in [6.07, 6.45) is 2.95. The van der Waals surface area contributed by atoms with E-state index < -0.39 is 10.0 Å². The van der Waals surface area contributed by atoms with Crippen LogP contribution in [0.15, 0.2) is 65.0 Å². The van der Waals surface area contributed by atoms with Crippen molar-refractivity contribution in [3.05, 3.63) is 76.4 Å². The van der Waals surface area contributed by atoms with Gasteiger partial charge in [-0.1, -0.05) is 6.07 Å². The first kappa shape index (κ1) is 19.7. The molecule has 2 aromatic heterocycles. The van der Waals surface area contributed by atoms with Crippen LogP contribution < -0.4 is 10.0 Å². The van der Waals surface area contributed by atoms with E-state index in [0.29, 0.717) is 22.0 Å². The van der Waals surface area contributed by atoms with Gasteiger partial charge in [0.05, 0.1) is 9.77 Å². The Hall–Kier alpha value is -3.04. The molecule has 0 fully saturated rings. The van der Waals surface area contributed by atoms with Crippen LogP contribution in [-0.4, -0.2) is 24.2 Å². The van der Waals surface area contributed by atoms with E-state index >= 15 is 0 Å². The van der Waals surface area contributed by atoms with Gasteiger partial charge in [-0.25, -0.2) is 23.1 Å². The molecule has 0 aliphatic carbocycles. The van der Waals surface area contributed by atoms with Crippen molar-refractivity contribution in [2.45, 2.75) is 18.7 Å². The smallest absolute Gasteiger partial charge is 0.264 e. The number of carbonyl (C=O) groups is 1. The van der Waals surface area contributed by atoms with Gasteiger partial charge in [0, 0.05) is 29.4 Å². The number of nitrogens with zero attached hydrogens (tertiary/aromatic N) is 2. The minimum absolute atomic E-state index is 0.0368. The molecule has 0 amide bonds. The lowest BCUT2D eigenvalue weighted by Crippen LogP contribution is -2.15. The van der Waals surface area contributed by atoms with Gasteiger partial charge in [0.2, 0.25) is 5.95 Å². The number of aromatic nitrogens is 2. The molecule has 0 unspecified atom stereocenters. The Labute approximate surface area is 167 Å². The maximum Gasteiger partial charge on any atom is 0.264 e. The highest BCUT2D eigenvalue weighted by Crippen LogP contribution is 2.17. The molecule has 9 heteroatoms. The summed E-state index contributed by atoms with van der Waals surface area (Å²) >= 11 is 1.37. The number of thiophene rings is 1. The van der Waals surface area contributed by atoms with E-state index in [-0.39, 0.29) is 16.6 Å². The summed E-state index contributed by atoms with van der Waals surface area (Å²) in [6, 6.07) is 11.5. The Morgan fingerprint density at radius 2 is 1.75 bits per heavy atom. The Balaban J connectivity index is 1.66. The molecule has 7 nitrogen and oxygen atoms in total. The third kappa shape index (κ3) is 5.02. The molecule has 0 saturated heterocycles. The zero-order valence-electron chi connectivity index (χ0n) is 15.2. The standard InChI is InChI=1S/C19H18N4O3S2/c1-13-12-14(2)22-19(21-13)23-28(25,26)16-7-5-15(6-8-16)20-10-9-17(24)18-4-3-11-27-18/h3-12,20H,1-2H3,(H,21,22,23). The Bertz CT molecular complexity index is 1090. The summed E-state index contributed by atoms with van der Waals surface area (Å²) in [5.41, 5.74) is 2.00. The summed E-state index contributed by atoms with van der Waals surface area (Å²) in [7, 11) is -3.80. The minimum atomic E-state index is -3.80. The van der Waals surface area contributed by atoms with Gasteiger partial charge < -0.3 is 5.32 Å². The number of anilines is 2. The monoisotopic (exact) mass is 414 g/mol. The third-order valence-corrected chi connectivity index (χ3v) is 5.85. The molecule has 1 aromatic carbocycles. The molecule has 0 spiro atoms. The fraction of sp³-hybridized carbons (Fsp3) is 0.105. The average molecular weight is 415 g/mol. The van der Waals surface area contributed by atoms with Gasteiger partial charge in [-0.2, -0.15) is 0 Å². The van der Waals surface area contributed by atoms with Gasteiger partial charge in [-0.3, -0.25) is 4.79 Å². The zero-order valence-corrected chi connectivity index (χ0v) is 16.8. The third-order valence-electron chi connectivity index (χ3n) is 3.62. The summed E-state index contributed by atoms with van der Waals surface area (Å²) in [6.45, 7) is 3.54. The Kier molecular flexibility index (Phi) is 5.86. The number of carbonyl (C=O) groups excluding carboxylic acids is 1. The largest absolute Gasteiger partial charge is 0.362 e. The van der Waals surface area contributed by atoms with Gasteiger partial charge in [0.15, 0.2) is 5.78 Å². The van der Waals surface area contributed by atoms with Gasteiger partial charge in [-0.15, -0.1) is 11.3 Å². The summed E-state index contributed by atoms with van der Waals surface area (Å²) < 4.78 is 27.4. The second-order valence-electron chi connectivity index (χ2n) is 5.92. The van der Waals surface area contributed by atoms with E-state index in [1.165, 1.54) is 35.7 Å². The van der Waals surface area contributed by atoms with Crippen LogP contribution in [-0.2, 0) is 10.0 Å². The molecule has 0 saturated carbocycles. The first-order valence-electron chi connectivity index (χ1n) is 8.29. The van der Waals surface area contributed by atoms with Crippen LogP contribution in [0.1, 0.15) is 21.1 Å². The van der Waals surface area contributed by atoms with Crippen LogP contribution in [0.25, 0.3) is 0 Å². The van der Waals surface area contributed by atoms with Crippen LogP contribution in [0.5, 0.6) is 0 Å². The first-order chi connectivity index (χ1) is 13.3. The highest BCUT2D eigenvalue weighted by Gasteiger charge is 2.16. The number of ketones is 1. The lowest BCUT2D eigenvalue weighted by atomic mass is 10.3. The molecule has 0 aliphatic rings. The molecule has 3 rings (SSSR count). The fourth-order valence-electron chi connectivity index (χ4n) is 2.40. The van der Waals surface area contributed by atoms with Gasteiger partial charge in [0.25, 0.3) is 10.0 Å². The molecule has 28 heavy (non-hydrogen) atoms. The van der Waals surface area contributed by atoms with Crippen molar-refractivity contribution in [2.24, 2.45) is 0 Å². The molecule has 0 radical (unpaired) electrons. The Morgan fingerprint density at radius 3 is 2.36 bits per heavy atom. The maximum absolute atomic E-state index is 12.5. The van der Waals surface area contributed by atoms with E-state index in [2.05, 4.69) is 20.0 Å². The SMILES string of the molecule is Cc1cc(C)nc(NS(=O)(=O)c2ccc(NC=CC(=O)c3cccs3)cc2)n1. The van der Waals surface area contributed by atoms with Crippen molar-refractivity contribution in [3.8, 4) is 0 Å². The first-order valence-corrected chi connectivity index (χ1v) is 10.7. The number of allylic oxidation sites excluding steroid dienone is 1. The van der Waals surface area contributed by atoms with E-state index in [1.807, 2.05) is 11.4 Å². The maximum atomic E-state index is 12.5. The number of aryl methyl sites for hydroxylation is 2. The molecular weight excluding hydrogens is 396 g/mol. The molecule has 0 aliphatic heterocycles. The van der Waals surface area contributed by atoms with Crippen molar-refractivity contribution < 1.29 is 13.2 Å². The number of hydrogen-bond acceptors (Lipinski definition) is 7. The normalized spacial score (nSPS) is 11.5. The number of hydrogen-bond donors (Lipinski definition) is 2. The summed E-state index contributed by atoms with van der Waals surface area (Å²) in [5, 5.41) is 4.78. The molecule has 2 N–H and O–H groups in total. The molecule has 3 aromatic rings. The van der Waals surface area contributed by atoms with Crippen molar-refractivity contribution in [2.75, 3.05) is 10.0 Å². The lowest BCUT2D eigenvalue weighted by molar-refractivity contribution is 0.105. The van der Waals surface area contributed by atoms with E-state index in [4.69, 9.17) is 0 Å². The second kappa shape index (κ2) is 8.32. The van der Waals surface area contributed by atoms with Gasteiger partial charge in [0.1, 0.15) is 0 Å². The molecule has 2 heterocycles. The van der Waals surface area contributed by atoms with Gasteiger partial charge in [-0.05, 0) is 55.6 Å². The number of benzene rings is 1.